The summed E-state index contributed by atoms with van der Waals surface area (Å²) >= 11 is 1.59. The van der Waals surface area contributed by atoms with Gasteiger partial charge in [-0.3, -0.25) is 9.47 Å². The molecule has 2 aromatic carbocycles. The summed E-state index contributed by atoms with van der Waals surface area (Å²) in [4.78, 5) is 2.41. The zero-order chi connectivity index (χ0) is 20.1. The number of nitriles is 1. The molecular formula is C22H22FN5S. The summed E-state index contributed by atoms with van der Waals surface area (Å²) in [6.45, 7) is 2.88. The van der Waals surface area contributed by atoms with Crippen molar-refractivity contribution in [3.63, 3.8) is 0 Å². The molecule has 1 saturated heterocycles. The molecule has 1 fully saturated rings. The largest absolute Gasteiger partial charge is 0.296 e. The van der Waals surface area contributed by atoms with Crippen molar-refractivity contribution >= 4 is 11.8 Å². The fourth-order valence-corrected chi connectivity index (χ4v) is 4.41. The lowest BCUT2D eigenvalue weighted by atomic mass is 10.1. The summed E-state index contributed by atoms with van der Waals surface area (Å²) in [6.07, 6.45) is 3.71. The summed E-state index contributed by atoms with van der Waals surface area (Å²) in [5, 5.41) is 18.6. The average molecular weight is 408 g/mol. The molecule has 4 rings (SSSR count). The minimum Gasteiger partial charge on any atom is -0.296 e. The van der Waals surface area contributed by atoms with Gasteiger partial charge in [0.15, 0.2) is 11.0 Å². The van der Waals surface area contributed by atoms with Crippen LogP contribution in [0.15, 0.2) is 53.7 Å². The molecule has 1 aromatic heterocycles. The number of likely N-dealkylation sites (tertiary alicyclic amines) is 1. The minimum atomic E-state index is -0.258. The van der Waals surface area contributed by atoms with Gasteiger partial charge in [-0.25, -0.2) is 4.39 Å². The third-order valence-electron chi connectivity index (χ3n) is 5.05. The molecule has 5 nitrogen and oxygen atoms in total. The van der Waals surface area contributed by atoms with Crippen LogP contribution in [0.4, 0.5) is 4.39 Å². The molecular weight excluding hydrogens is 385 g/mol. The SMILES string of the molecule is N#Cc1ccc(CSc2nnc(CN3CCCCC3)n2-c2ccc(F)cc2)cc1. The Morgan fingerprint density at radius 2 is 1.69 bits per heavy atom. The molecule has 0 radical (unpaired) electrons. The number of hydrogen-bond donors (Lipinski definition) is 0. The van der Waals surface area contributed by atoms with Gasteiger partial charge in [0.2, 0.25) is 0 Å². The number of piperidine rings is 1. The lowest BCUT2D eigenvalue weighted by Gasteiger charge is -2.26. The number of thioether (sulfide) groups is 1. The molecule has 0 bridgehead atoms. The van der Waals surface area contributed by atoms with Crippen LogP contribution in [0.2, 0.25) is 0 Å². The van der Waals surface area contributed by atoms with E-state index in [1.54, 1.807) is 23.9 Å². The van der Waals surface area contributed by atoms with Gasteiger partial charge in [-0.15, -0.1) is 10.2 Å². The highest BCUT2D eigenvalue weighted by Crippen LogP contribution is 2.26. The normalized spacial score (nSPS) is 14.6. The maximum absolute atomic E-state index is 13.5. The van der Waals surface area contributed by atoms with Gasteiger partial charge in [0.1, 0.15) is 5.82 Å². The van der Waals surface area contributed by atoms with Crippen LogP contribution < -0.4 is 0 Å². The van der Waals surface area contributed by atoms with Gasteiger partial charge in [-0.1, -0.05) is 30.3 Å². The molecule has 0 atom stereocenters. The molecule has 1 aliphatic heterocycles. The van der Waals surface area contributed by atoms with Gasteiger partial charge in [0.05, 0.1) is 18.2 Å². The van der Waals surface area contributed by atoms with Gasteiger partial charge in [-0.05, 0) is 67.9 Å². The highest BCUT2D eigenvalue weighted by atomic mass is 32.2. The van der Waals surface area contributed by atoms with E-state index in [0.29, 0.717) is 5.56 Å². The van der Waals surface area contributed by atoms with Crippen molar-refractivity contribution in [3.8, 4) is 11.8 Å². The van der Waals surface area contributed by atoms with Crippen molar-refractivity contribution in [2.45, 2.75) is 36.7 Å². The Morgan fingerprint density at radius 3 is 2.38 bits per heavy atom. The van der Waals surface area contributed by atoms with Crippen molar-refractivity contribution < 1.29 is 4.39 Å². The van der Waals surface area contributed by atoms with Crippen LogP contribution in [-0.4, -0.2) is 32.8 Å². The molecule has 0 N–H and O–H groups in total. The third-order valence-corrected chi connectivity index (χ3v) is 6.05. The zero-order valence-electron chi connectivity index (χ0n) is 16.1. The molecule has 0 spiro atoms. The summed E-state index contributed by atoms with van der Waals surface area (Å²) in [5.74, 6) is 1.33. The van der Waals surface area contributed by atoms with Crippen LogP contribution in [0.3, 0.4) is 0 Å². The Morgan fingerprint density at radius 1 is 0.966 bits per heavy atom. The Labute approximate surface area is 174 Å². The Bertz CT molecular complexity index is 986. The van der Waals surface area contributed by atoms with Crippen molar-refractivity contribution in [1.82, 2.24) is 19.7 Å². The predicted octanol–water partition coefficient (Wildman–Crippen LogP) is 4.56. The van der Waals surface area contributed by atoms with E-state index < -0.39 is 0 Å². The molecule has 3 aromatic rings. The van der Waals surface area contributed by atoms with E-state index >= 15 is 0 Å². The highest BCUT2D eigenvalue weighted by Gasteiger charge is 2.19. The molecule has 0 amide bonds. The fraction of sp³-hybridized carbons (Fsp3) is 0.318. The van der Waals surface area contributed by atoms with Crippen LogP contribution in [0, 0.1) is 17.1 Å². The maximum atomic E-state index is 13.5. The molecule has 0 saturated carbocycles. The first-order valence-corrected chi connectivity index (χ1v) is 10.8. The van der Waals surface area contributed by atoms with E-state index in [9.17, 15) is 4.39 Å². The molecule has 7 heteroatoms. The van der Waals surface area contributed by atoms with Gasteiger partial charge < -0.3 is 0 Å². The lowest BCUT2D eigenvalue weighted by Crippen LogP contribution is -2.30. The van der Waals surface area contributed by atoms with Crippen molar-refractivity contribution in [3.05, 3.63) is 71.3 Å². The van der Waals surface area contributed by atoms with Crippen molar-refractivity contribution in [1.29, 1.82) is 5.26 Å². The summed E-state index contributed by atoms with van der Waals surface area (Å²) in [6, 6.07) is 16.2. The first-order valence-electron chi connectivity index (χ1n) is 9.77. The van der Waals surface area contributed by atoms with E-state index in [0.717, 1.165) is 47.6 Å². The van der Waals surface area contributed by atoms with Gasteiger partial charge in [-0.2, -0.15) is 5.26 Å². The van der Waals surface area contributed by atoms with E-state index in [2.05, 4.69) is 21.2 Å². The van der Waals surface area contributed by atoms with Crippen molar-refractivity contribution in [2.75, 3.05) is 13.1 Å². The molecule has 148 valence electrons. The fourth-order valence-electron chi connectivity index (χ4n) is 3.49. The van der Waals surface area contributed by atoms with E-state index in [1.807, 2.05) is 28.8 Å². The summed E-state index contributed by atoms with van der Waals surface area (Å²) < 4.78 is 15.5. The second kappa shape index (κ2) is 9.21. The molecule has 2 heterocycles. The Hall–Kier alpha value is -2.69. The average Bonchev–Trinajstić information content (AvgIpc) is 3.16. The quantitative estimate of drug-likeness (QED) is 0.561. The van der Waals surface area contributed by atoms with Crippen LogP contribution in [-0.2, 0) is 12.3 Å². The second-order valence-electron chi connectivity index (χ2n) is 7.14. The monoisotopic (exact) mass is 407 g/mol. The predicted molar refractivity (Wildman–Crippen MR) is 111 cm³/mol. The minimum absolute atomic E-state index is 0.258. The molecule has 0 aliphatic carbocycles. The van der Waals surface area contributed by atoms with E-state index in [1.165, 1.54) is 31.4 Å². The first kappa shape index (κ1) is 19.6. The van der Waals surface area contributed by atoms with Crippen molar-refractivity contribution in [2.24, 2.45) is 0 Å². The molecule has 29 heavy (non-hydrogen) atoms. The number of aromatic nitrogens is 3. The highest BCUT2D eigenvalue weighted by molar-refractivity contribution is 7.98. The van der Waals surface area contributed by atoms with Gasteiger partial charge >= 0.3 is 0 Å². The number of benzene rings is 2. The number of hydrogen-bond acceptors (Lipinski definition) is 5. The van der Waals surface area contributed by atoms with E-state index in [-0.39, 0.29) is 5.82 Å². The summed E-state index contributed by atoms with van der Waals surface area (Å²) in [7, 11) is 0. The maximum Gasteiger partial charge on any atom is 0.196 e. The van der Waals surface area contributed by atoms with Gasteiger partial charge in [0, 0.05) is 11.4 Å². The zero-order valence-corrected chi connectivity index (χ0v) is 16.9. The standard InChI is InChI=1S/C22H22FN5S/c23-19-8-10-20(11-9-19)28-21(15-27-12-2-1-3-13-27)25-26-22(28)29-16-18-6-4-17(14-24)5-7-18/h4-11H,1-3,12-13,15-16H2. The number of nitrogens with zero attached hydrogens (tertiary/aromatic N) is 5. The van der Waals surface area contributed by atoms with Crippen LogP contribution in [0.1, 0.15) is 36.2 Å². The lowest BCUT2D eigenvalue weighted by molar-refractivity contribution is 0.214. The Balaban J connectivity index is 1.58. The third kappa shape index (κ3) is 4.84. The van der Waals surface area contributed by atoms with Crippen LogP contribution >= 0.6 is 11.8 Å². The molecule has 1 aliphatic rings. The first-order chi connectivity index (χ1) is 14.2. The van der Waals surface area contributed by atoms with Crippen LogP contribution in [0.5, 0.6) is 0 Å². The second-order valence-corrected chi connectivity index (χ2v) is 8.09. The Kier molecular flexibility index (Phi) is 6.23. The number of halogens is 1. The van der Waals surface area contributed by atoms with E-state index in [4.69, 9.17) is 5.26 Å². The smallest absolute Gasteiger partial charge is 0.196 e. The topological polar surface area (TPSA) is 57.7 Å². The number of rotatable bonds is 6. The molecule has 0 unspecified atom stereocenters. The van der Waals surface area contributed by atoms with Crippen LogP contribution in [0.25, 0.3) is 5.69 Å². The summed E-state index contributed by atoms with van der Waals surface area (Å²) in [5.41, 5.74) is 2.63. The van der Waals surface area contributed by atoms with Gasteiger partial charge in [0.25, 0.3) is 0 Å².